The third-order valence-electron chi connectivity index (χ3n) is 6.17. The van der Waals surface area contributed by atoms with E-state index in [4.69, 9.17) is 0 Å². The summed E-state index contributed by atoms with van der Waals surface area (Å²) in [5.41, 5.74) is 3.67. The number of hydrazine groups is 1. The SMILES string of the molecule is CN(C)CCC[C@@]1(c2ccccc2)C(=O)N(N(C)Cc2ccccc2)c2ccccc21. The molecule has 0 saturated carbocycles. The average molecular weight is 414 g/mol. The molecule has 0 aromatic heterocycles. The lowest BCUT2D eigenvalue weighted by atomic mass is 9.72. The maximum absolute atomic E-state index is 14.3. The predicted octanol–water partition coefficient (Wildman–Crippen LogP) is 4.71. The van der Waals surface area contributed by atoms with Gasteiger partial charge in [-0.1, -0.05) is 78.9 Å². The molecule has 0 fully saturated rings. The van der Waals surface area contributed by atoms with E-state index in [1.165, 1.54) is 5.56 Å². The van der Waals surface area contributed by atoms with Gasteiger partial charge in [0.05, 0.1) is 5.69 Å². The molecule has 0 bridgehead atoms. The van der Waals surface area contributed by atoms with E-state index in [0.717, 1.165) is 36.2 Å². The van der Waals surface area contributed by atoms with Crippen molar-refractivity contribution >= 4 is 11.6 Å². The fourth-order valence-electron chi connectivity index (χ4n) is 4.73. The molecule has 4 nitrogen and oxygen atoms in total. The zero-order valence-corrected chi connectivity index (χ0v) is 18.7. The van der Waals surface area contributed by atoms with Crippen LogP contribution in [0.25, 0.3) is 0 Å². The number of para-hydroxylation sites is 1. The summed E-state index contributed by atoms with van der Waals surface area (Å²) >= 11 is 0. The van der Waals surface area contributed by atoms with Gasteiger partial charge in [-0.05, 0) is 56.2 Å². The van der Waals surface area contributed by atoms with E-state index in [0.29, 0.717) is 6.54 Å². The lowest BCUT2D eigenvalue weighted by Crippen LogP contribution is -2.48. The maximum atomic E-state index is 14.3. The summed E-state index contributed by atoms with van der Waals surface area (Å²) in [6.45, 7) is 1.62. The third-order valence-corrected chi connectivity index (χ3v) is 6.17. The standard InChI is InChI=1S/C27H31N3O/c1-28(2)20-12-19-27(23-15-8-5-9-16-23)24-17-10-11-18-25(24)30(26(27)31)29(3)21-22-13-6-4-7-14-22/h4-11,13-18H,12,19-21H2,1-3H3/t27-/m0/s1. The molecule has 0 aliphatic carbocycles. The number of benzene rings is 3. The van der Waals surface area contributed by atoms with Crippen LogP contribution in [0.4, 0.5) is 5.69 Å². The summed E-state index contributed by atoms with van der Waals surface area (Å²) in [7, 11) is 6.17. The normalized spacial score (nSPS) is 18.1. The molecule has 1 amide bonds. The molecule has 3 aromatic rings. The first-order valence-corrected chi connectivity index (χ1v) is 10.9. The molecule has 1 aliphatic heterocycles. The summed E-state index contributed by atoms with van der Waals surface area (Å²) < 4.78 is 0. The molecule has 4 heteroatoms. The van der Waals surface area contributed by atoms with Gasteiger partial charge in [0, 0.05) is 13.6 Å². The summed E-state index contributed by atoms with van der Waals surface area (Å²) in [5.74, 6) is 0.136. The lowest BCUT2D eigenvalue weighted by Gasteiger charge is -2.33. The molecule has 31 heavy (non-hydrogen) atoms. The fraction of sp³-hybridized carbons (Fsp3) is 0.296. The van der Waals surface area contributed by atoms with E-state index in [2.05, 4.69) is 61.5 Å². The molecule has 0 unspecified atom stereocenters. The van der Waals surface area contributed by atoms with Gasteiger partial charge in [-0.25, -0.2) is 10.0 Å². The van der Waals surface area contributed by atoms with Crippen LogP contribution < -0.4 is 5.01 Å². The predicted molar refractivity (Wildman–Crippen MR) is 127 cm³/mol. The minimum absolute atomic E-state index is 0.136. The van der Waals surface area contributed by atoms with Crippen molar-refractivity contribution in [1.29, 1.82) is 0 Å². The van der Waals surface area contributed by atoms with Crippen LogP contribution in [-0.2, 0) is 16.8 Å². The van der Waals surface area contributed by atoms with Crippen LogP contribution in [0.2, 0.25) is 0 Å². The van der Waals surface area contributed by atoms with Gasteiger partial charge >= 0.3 is 0 Å². The van der Waals surface area contributed by atoms with Gasteiger partial charge in [0.1, 0.15) is 5.41 Å². The Morgan fingerprint density at radius 2 is 1.42 bits per heavy atom. The average Bonchev–Trinajstić information content (AvgIpc) is 3.03. The first-order chi connectivity index (χ1) is 15.0. The molecule has 4 rings (SSSR count). The van der Waals surface area contributed by atoms with Gasteiger partial charge in [0.2, 0.25) is 0 Å². The molecule has 0 N–H and O–H groups in total. The number of hydrogen-bond acceptors (Lipinski definition) is 3. The fourth-order valence-corrected chi connectivity index (χ4v) is 4.73. The summed E-state index contributed by atoms with van der Waals surface area (Å²) in [6.07, 6.45) is 1.72. The van der Waals surface area contributed by atoms with Gasteiger partial charge in [-0.2, -0.15) is 0 Å². The van der Waals surface area contributed by atoms with Crippen molar-refractivity contribution in [2.45, 2.75) is 24.8 Å². The maximum Gasteiger partial charge on any atom is 0.256 e. The Bertz CT molecular complexity index is 1020. The Labute approximate surface area is 185 Å². The van der Waals surface area contributed by atoms with E-state index in [9.17, 15) is 4.79 Å². The first-order valence-electron chi connectivity index (χ1n) is 10.9. The molecular formula is C27H31N3O. The highest BCUT2D eigenvalue weighted by molar-refractivity contribution is 6.09. The molecule has 3 aromatic carbocycles. The highest BCUT2D eigenvalue weighted by atomic mass is 16.2. The van der Waals surface area contributed by atoms with E-state index in [-0.39, 0.29) is 5.91 Å². The number of nitrogens with zero attached hydrogens (tertiary/aromatic N) is 3. The molecule has 1 heterocycles. The van der Waals surface area contributed by atoms with E-state index < -0.39 is 5.41 Å². The highest BCUT2D eigenvalue weighted by Gasteiger charge is 2.52. The Morgan fingerprint density at radius 1 is 0.806 bits per heavy atom. The Balaban J connectivity index is 1.77. The van der Waals surface area contributed by atoms with E-state index >= 15 is 0 Å². The molecule has 160 valence electrons. The summed E-state index contributed by atoms with van der Waals surface area (Å²) in [6, 6.07) is 28.9. The molecule has 0 saturated heterocycles. The Hall–Kier alpha value is -2.95. The van der Waals surface area contributed by atoms with E-state index in [1.54, 1.807) is 0 Å². The first kappa shape index (κ1) is 21.3. The quantitative estimate of drug-likeness (QED) is 0.535. The second-order valence-corrected chi connectivity index (χ2v) is 8.61. The van der Waals surface area contributed by atoms with Crippen LogP contribution >= 0.6 is 0 Å². The molecule has 0 radical (unpaired) electrons. The van der Waals surface area contributed by atoms with Gasteiger partial charge in [-0.3, -0.25) is 4.79 Å². The Morgan fingerprint density at radius 3 is 2.10 bits per heavy atom. The number of carbonyl (C=O) groups excluding carboxylic acids is 1. The highest BCUT2D eigenvalue weighted by Crippen LogP contribution is 2.49. The zero-order chi connectivity index (χ0) is 21.8. The molecule has 1 aliphatic rings. The number of fused-ring (bicyclic) bond motifs is 1. The summed E-state index contributed by atoms with van der Waals surface area (Å²) in [4.78, 5) is 16.4. The van der Waals surface area contributed by atoms with Crippen molar-refractivity contribution in [3.05, 3.63) is 102 Å². The third kappa shape index (κ3) is 4.01. The second kappa shape index (κ2) is 9.04. The largest absolute Gasteiger partial charge is 0.309 e. The van der Waals surface area contributed by atoms with Crippen LogP contribution in [0.3, 0.4) is 0 Å². The van der Waals surface area contributed by atoms with Crippen molar-refractivity contribution in [2.75, 3.05) is 32.7 Å². The smallest absolute Gasteiger partial charge is 0.256 e. The molecule has 1 atom stereocenters. The number of anilines is 1. The monoisotopic (exact) mass is 413 g/mol. The molecule has 0 spiro atoms. The topological polar surface area (TPSA) is 26.8 Å². The van der Waals surface area contributed by atoms with Crippen LogP contribution in [0.1, 0.15) is 29.5 Å². The second-order valence-electron chi connectivity index (χ2n) is 8.61. The van der Waals surface area contributed by atoms with Gasteiger partial charge in [-0.15, -0.1) is 0 Å². The van der Waals surface area contributed by atoms with Crippen molar-refractivity contribution in [3.8, 4) is 0 Å². The van der Waals surface area contributed by atoms with Crippen molar-refractivity contribution in [1.82, 2.24) is 9.91 Å². The van der Waals surface area contributed by atoms with Gasteiger partial charge in [0.25, 0.3) is 5.91 Å². The number of rotatable bonds is 8. The minimum Gasteiger partial charge on any atom is -0.309 e. The van der Waals surface area contributed by atoms with Crippen molar-refractivity contribution in [2.24, 2.45) is 0 Å². The number of hydrogen-bond donors (Lipinski definition) is 0. The zero-order valence-electron chi connectivity index (χ0n) is 18.7. The number of carbonyl (C=O) groups is 1. The lowest BCUT2D eigenvalue weighted by molar-refractivity contribution is -0.124. The summed E-state index contributed by atoms with van der Waals surface area (Å²) in [5, 5.41) is 3.94. The molecular weight excluding hydrogens is 382 g/mol. The van der Waals surface area contributed by atoms with Crippen molar-refractivity contribution < 1.29 is 4.79 Å². The Kier molecular flexibility index (Phi) is 6.21. The van der Waals surface area contributed by atoms with E-state index in [1.807, 2.05) is 59.5 Å². The van der Waals surface area contributed by atoms with Crippen molar-refractivity contribution in [3.63, 3.8) is 0 Å². The van der Waals surface area contributed by atoms with Gasteiger partial charge < -0.3 is 4.90 Å². The van der Waals surface area contributed by atoms with Crippen LogP contribution in [0, 0.1) is 0 Å². The van der Waals surface area contributed by atoms with Gasteiger partial charge in [0.15, 0.2) is 0 Å². The minimum atomic E-state index is -0.668. The van der Waals surface area contributed by atoms with Crippen LogP contribution in [-0.4, -0.2) is 43.5 Å². The van der Waals surface area contributed by atoms with Crippen LogP contribution in [0.15, 0.2) is 84.9 Å². The van der Waals surface area contributed by atoms with Crippen LogP contribution in [0.5, 0.6) is 0 Å². The number of amides is 1.